The van der Waals surface area contributed by atoms with Gasteiger partial charge in [0.25, 0.3) is 0 Å². The topological polar surface area (TPSA) is 36.4 Å². The number of benzene rings is 1. The fourth-order valence-corrected chi connectivity index (χ4v) is 2.44. The van der Waals surface area contributed by atoms with Crippen molar-refractivity contribution in [2.75, 3.05) is 13.1 Å². The number of nitrogens with zero attached hydrogens (tertiary/aromatic N) is 2. The molecule has 2 aromatic rings. The molecule has 1 atom stereocenters. The highest BCUT2D eigenvalue weighted by molar-refractivity contribution is 5.78. The monoisotopic (exact) mass is 228 g/mol. The van der Waals surface area contributed by atoms with Gasteiger partial charge in [-0.05, 0) is 30.2 Å². The lowest BCUT2D eigenvalue weighted by molar-refractivity contribution is 0.175. The number of hydrogen-bond donors (Lipinski definition) is 1. The summed E-state index contributed by atoms with van der Waals surface area (Å²) in [7, 11) is 0. The number of fused-ring (bicyclic) bond motifs is 1. The van der Waals surface area contributed by atoms with Crippen molar-refractivity contribution in [3.8, 4) is 0 Å². The van der Waals surface area contributed by atoms with Gasteiger partial charge in [-0.15, -0.1) is 0 Å². The highest BCUT2D eigenvalue weighted by Gasteiger charge is 2.19. The van der Waals surface area contributed by atoms with Crippen LogP contribution >= 0.6 is 0 Å². The van der Waals surface area contributed by atoms with Gasteiger partial charge in [-0.2, -0.15) is 0 Å². The van der Waals surface area contributed by atoms with Crippen molar-refractivity contribution in [1.82, 2.24) is 9.88 Å². The van der Waals surface area contributed by atoms with Crippen LogP contribution in [0.25, 0.3) is 10.9 Å². The average Bonchev–Trinajstić information content (AvgIpc) is 2.75. The minimum absolute atomic E-state index is 0.142. The van der Waals surface area contributed by atoms with E-state index < -0.39 is 0 Å². The van der Waals surface area contributed by atoms with Crippen LogP contribution in [0.4, 0.5) is 0 Å². The largest absolute Gasteiger partial charge is 0.392 e. The Bertz CT molecular complexity index is 526. The van der Waals surface area contributed by atoms with Crippen LogP contribution in [-0.2, 0) is 6.54 Å². The summed E-state index contributed by atoms with van der Waals surface area (Å²) in [5.41, 5.74) is 2.33. The first-order chi connectivity index (χ1) is 8.31. The molecule has 1 aromatic heterocycles. The van der Waals surface area contributed by atoms with E-state index in [4.69, 9.17) is 0 Å². The maximum Gasteiger partial charge on any atom is 0.0702 e. The van der Waals surface area contributed by atoms with E-state index >= 15 is 0 Å². The van der Waals surface area contributed by atoms with E-state index in [0.717, 1.165) is 31.6 Å². The van der Waals surface area contributed by atoms with Gasteiger partial charge >= 0.3 is 0 Å². The van der Waals surface area contributed by atoms with Crippen LogP contribution in [0.15, 0.2) is 36.5 Å². The van der Waals surface area contributed by atoms with Crippen molar-refractivity contribution >= 4 is 10.9 Å². The number of aliphatic hydroxyl groups excluding tert-OH is 1. The standard InChI is InChI=1S/C14H16N2O/c17-13-5-7-16(10-13)9-11-3-4-14-12(8-11)2-1-6-15-14/h1-4,6,8,13,17H,5,7,9-10H2/t13-/m1/s1. The van der Waals surface area contributed by atoms with E-state index in [2.05, 4.69) is 34.1 Å². The van der Waals surface area contributed by atoms with Crippen molar-refractivity contribution in [3.05, 3.63) is 42.1 Å². The Morgan fingerprint density at radius 2 is 2.29 bits per heavy atom. The molecule has 0 unspecified atom stereocenters. The summed E-state index contributed by atoms with van der Waals surface area (Å²) in [6, 6.07) is 10.4. The molecule has 3 rings (SSSR count). The van der Waals surface area contributed by atoms with Crippen molar-refractivity contribution in [2.24, 2.45) is 0 Å². The van der Waals surface area contributed by atoms with Crippen LogP contribution < -0.4 is 0 Å². The lowest BCUT2D eigenvalue weighted by Gasteiger charge is -2.15. The smallest absolute Gasteiger partial charge is 0.0702 e. The van der Waals surface area contributed by atoms with Gasteiger partial charge in [0.1, 0.15) is 0 Å². The van der Waals surface area contributed by atoms with Gasteiger partial charge in [-0.3, -0.25) is 9.88 Å². The molecule has 0 saturated carbocycles. The van der Waals surface area contributed by atoms with Crippen LogP contribution in [0, 0.1) is 0 Å². The molecule has 2 heterocycles. The first-order valence-corrected chi connectivity index (χ1v) is 6.05. The maximum absolute atomic E-state index is 9.50. The molecule has 1 saturated heterocycles. The number of aromatic nitrogens is 1. The molecule has 0 spiro atoms. The molecule has 1 fully saturated rings. The molecule has 0 aliphatic carbocycles. The lowest BCUT2D eigenvalue weighted by atomic mass is 10.1. The number of rotatable bonds is 2. The van der Waals surface area contributed by atoms with Crippen LogP contribution in [0.2, 0.25) is 0 Å². The van der Waals surface area contributed by atoms with E-state index in [1.54, 1.807) is 0 Å². The first kappa shape index (κ1) is 10.7. The van der Waals surface area contributed by atoms with Crippen LogP contribution in [-0.4, -0.2) is 34.2 Å². The summed E-state index contributed by atoms with van der Waals surface area (Å²) >= 11 is 0. The molecule has 1 aliphatic rings. The predicted octanol–water partition coefficient (Wildman–Crippen LogP) is 1.80. The van der Waals surface area contributed by atoms with Crippen molar-refractivity contribution in [3.63, 3.8) is 0 Å². The van der Waals surface area contributed by atoms with Crippen molar-refractivity contribution < 1.29 is 5.11 Å². The van der Waals surface area contributed by atoms with Gasteiger partial charge in [0.05, 0.1) is 11.6 Å². The SMILES string of the molecule is O[C@@H]1CCN(Cc2ccc3ncccc3c2)C1. The number of pyridine rings is 1. The molecule has 0 radical (unpaired) electrons. The van der Waals surface area contributed by atoms with Gasteiger partial charge in [-0.25, -0.2) is 0 Å². The third-order valence-corrected chi connectivity index (χ3v) is 3.32. The van der Waals surface area contributed by atoms with E-state index in [1.165, 1.54) is 10.9 Å². The minimum atomic E-state index is -0.142. The molecular formula is C14H16N2O. The molecule has 3 heteroatoms. The molecule has 1 aromatic carbocycles. The number of hydrogen-bond acceptors (Lipinski definition) is 3. The summed E-state index contributed by atoms with van der Waals surface area (Å²) in [5, 5.41) is 10.7. The van der Waals surface area contributed by atoms with E-state index in [0.29, 0.717) is 0 Å². The summed E-state index contributed by atoms with van der Waals surface area (Å²) in [4.78, 5) is 6.61. The third-order valence-electron chi connectivity index (χ3n) is 3.32. The molecule has 1 aliphatic heterocycles. The molecular weight excluding hydrogens is 212 g/mol. The quantitative estimate of drug-likeness (QED) is 0.851. The van der Waals surface area contributed by atoms with Crippen LogP contribution in [0.5, 0.6) is 0 Å². The van der Waals surface area contributed by atoms with Crippen LogP contribution in [0.1, 0.15) is 12.0 Å². The molecule has 0 bridgehead atoms. The first-order valence-electron chi connectivity index (χ1n) is 6.05. The van der Waals surface area contributed by atoms with E-state index in [1.807, 2.05) is 12.3 Å². The van der Waals surface area contributed by atoms with E-state index in [9.17, 15) is 5.11 Å². The number of likely N-dealkylation sites (tertiary alicyclic amines) is 1. The Morgan fingerprint density at radius 3 is 3.12 bits per heavy atom. The predicted molar refractivity (Wildman–Crippen MR) is 67.6 cm³/mol. The van der Waals surface area contributed by atoms with Gasteiger partial charge < -0.3 is 5.11 Å². The maximum atomic E-state index is 9.50. The van der Waals surface area contributed by atoms with Crippen molar-refractivity contribution in [2.45, 2.75) is 19.1 Å². The normalized spacial score (nSPS) is 21.1. The average molecular weight is 228 g/mol. The van der Waals surface area contributed by atoms with E-state index in [-0.39, 0.29) is 6.10 Å². The number of β-amino-alcohol motifs (C(OH)–C–C–N with tert-alkyl or cyclic N) is 1. The number of aliphatic hydroxyl groups is 1. The molecule has 88 valence electrons. The zero-order valence-corrected chi connectivity index (χ0v) is 9.71. The second kappa shape index (κ2) is 4.43. The zero-order chi connectivity index (χ0) is 11.7. The summed E-state index contributed by atoms with van der Waals surface area (Å²) in [5.74, 6) is 0. The summed E-state index contributed by atoms with van der Waals surface area (Å²) in [6.45, 7) is 2.71. The molecule has 0 amide bonds. The Kier molecular flexibility index (Phi) is 2.79. The third kappa shape index (κ3) is 2.30. The fourth-order valence-electron chi connectivity index (χ4n) is 2.44. The Morgan fingerprint density at radius 1 is 1.35 bits per heavy atom. The fraction of sp³-hybridized carbons (Fsp3) is 0.357. The highest BCUT2D eigenvalue weighted by atomic mass is 16.3. The van der Waals surface area contributed by atoms with Crippen LogP contribution in [0.3, 0.4) is 0 Å². The van der Waals surface area contributed by atoms with Gasteiger partial charge in [-0.1, -0.05) is 12.1 Å². The van der Waals surface area contributed by atoms with Gasteiger partial charge in [0.2, 0.25) is 0 Å². The Hall–Kier alpha value is -1.45. The highest BCUT2D eigenvalue weighted by Crippen LogP contribution is 2.17. The summed E-state index contributed by atoms with van der Waals surface area (Å²) in [6.07, 6.45) is 2.57. The lowest BCUT2D eigenvalue weighted by Crippen LogP contribution is -2.21. The van der Waals surface area contributed by atoms with Crippen molar-refractivity contribution in [1.29, 1.82) is 0 Å². The molecule has 1 N–H and O–H groups in total. The molecule has 3 nitrogen and oxygen atoms in total. The Balaban J connectivity index is 1.81. The molecule has 17 heavy (non-hydrogen) atoms. The summed E-state index contributed by atoms with van der Waals surface area (Å²) < 4.78 is 0. The second-order valence-electron chi connectivity index (χ2n) is 4.71. The van der Waals surface area contributed by atoms with Gasteiger partial charge in [0.15, 0.2) is 0 Å². The second-order valence-corrected chi connectivity index (χ2v) is 4.71. The minimum Gasteiger partial charge on any atom is -0.392 e. The van der Waals surface area contributed by atoms with Gasteiger partial charge in [0, 0.05) is 31.2 Å². The zero-order valence-electron chi connectivity index (χ0n) is 9.71. The Labute approximate surface area is 101 Å².